The van der Waals surface area contributed by atoms with Crippen LogP contribution in [0.4, 0.5) is 0 Å². The van der Waals surface area contributed by atoms with Gasteiger partial charge < -0.3 is 5.11 Å². The molecule has 1 N–H and O–H groups in total. The molecule has 0 aliphatic carbocycles. The Balaban J connectivity index is 1.60. The second kappa shape index (κ2) is 6.02. The first-order chi connectivity index (χ1) is 11.6. The third-order valence-corrected chi connectivity index (χ3v) is 6.07. The zero-order chi connectivity index (χ0) is 16.7. The topological polar surface area (TPSA) is 23.5 Å². The molecule has 0 aromatic heterocycles. The van der Waals surface area contributed by atoms with Crippen LogP contribution in [-0.4, -0.2) is 22.1 Å². The van der Waals surface area contributed by atoms with Crippen LogP contribution in [0, 0.1) is 13.8 Å². The van der Waals surface area contributed by atoms with Gasteiger partial charge in [-0.2, -0.15) is 0 Å². The van der Waals surface area contributed by atoms with Crippen molar-refractivity contribution in [2.45, 2.75) is 63.8 Å². The van der Waals surface area contributed by atoms with Crippen molar-refractivity contribution in [1.29, 1.82) is 0 Å². The summed E-state index contributed by atoms with van der Waals surface area (Å²) in [7, 11) is 0. The number of nitrogens with zero attached hydrogens (tertiary/aromatic N) is 1. The molecule has 2 fully saturated rings. The van der Waals surface area contributed by atoms with Gasteiger partial charge in [-0.3, -0.25) is 4.90 Å². The van der Waals surface area contributed by atoms with Crippen LogP contribution in [0.2, 0.25) is 0 Å². The highest BCUT2D eigenvalue weighted by Gasteiger charge is 2.48. The second-order valence-corrected chi connectivity index (χ2v) is 7.75. The van der Waals surface area contributed by atoms with Gasteiger partial charge in [0.2, 0.25) is 0 Å². The molecule has 24 heavy (non-hydrogen) atoms. The number of aliphatic hydroxyl groups is 1. The van der Waals surface area contributed by atoms with Crippen molar-refractivity contribution >= 4 is 0 Å². The maximum Gasteiger partial charge on any atom is 0.0931 e. The second-order valence-electron chi connectivity index (χ2n) is 7.75. The minimum absolute atomic E-state index is 0.493. The van der Waals surface area contributed by atoms with Gasteiger partial charge in [-0.15, -0.1) is 0 Å². The Hall–Kier alpha value is -1.64. The summed E-state index contributed by atoms with van der Waals surface area (Å²) in [5.41, 5.74) is 4.36. The number of rotatable bonds is 3. The molecule has 2 aliphatic rings. The van der Waals surface area contributed by atoms with E-state index in [0.29, 0.717) is 12.1 Å². The Morgan fingerprint density at radius 2 is 1.50 bits per heavy atom. The number of fused-ring (bicyclic) bond motifs is 2. The van der Waals surface area contributed by atoms with E-state index in [1.54, 1.807) is 0 Å². The summed E-state index contributed by atoms with van der Waals surface area (Å²) >= 11 is 0. The predicted molar refractivity (Wildman–Crippen MR) is 97.8 cm³/mol. The number of hydrogen-bond acceptors (Lipinski definition) is 2. The predicted octanol–water partition coefficient (Wildman–Crippen LogP) is 4.32. The average molecular weight is 321 g/mol. The van der Waals surface area contributed by atoms with Crippen LogP contribution >= 0.6 is 0 Å². The highest BCUT2D eigenvalue weighted by atomic mass is 16.3. The van der Waals surface area contributed by atoms with Crippen LogP contribution in [-0.2, 0) is 12.1 Å². The van der Waals surface area contributed by atoms with Crippen LogP contribution in [0.1, 0.15) is 47.9 Å². The van der Waals surface area contributed by atoms with Gasteiger partial charge in [0.05, 0.1) is 5.60 Å². The molecule has 2 atom stereocenters. The molecule has 2 aromatic rings. The van der Waals surface area contributed by atoms with Crippen molar-refractivity contribution in [1.82, 2.24) is 4.90 Å². The molecule has 0 spiro atoms. The summed E-state index contributed by atoms with van der Waals surface area (Å²) in [6.45, 7) is 5.29. The lowest BCUT2D eigenvalue weighted by atomic mass is 9.77. The smallest absolute Gasteiger partial charge is 0.0931 e. The SMILES string of the molecule is Cc1cccc(C)c1C1(O)CC2CCC(C1)N2Cc1ccccc1. The van der Waals surface area contributed by atoms with E-state index in [4.69, 9.17) is 0 Å². The summed E-state index contributed by atoms with van der Waals surface area (Å²) in [5.74, 6) is 0. The van der Waals surface area contributed by atoms with E-state index in [2.05, 4.69) is 67.3 Å². The molecular formula is C22H27NO. The molecule has 0 radical (unpaired) electrons. The van der Waals surface area contributed by atoms with E-state index >= 15 is 0 Å². The molecule has 2 unspecified atom stereocenters. The van der Waals surface area contributed by atoms with Gasteiger partial charge in [-0.05, 0) is 61.8 Å². The van der Waals surface area contributed by atoms with Crippen LogP contribution in [0.15, 0.2) is 48.5 Å². The maximum atomic E-state index is 11.5. The molecule has 4 rings (SSSR count). The van der Waals surface area contributed by atoms with Crippen LogP contribution in [0.25, 0.3) is 0 Å². The minimum atomic E-state index is -0.658. The van der Waals surface area contributed by atoms with Crippen molar-refractivity contribution in [2.75, 3.05) is 0 Å². The lowest BCUT2D eigenvalue weighted by Gasteiger charge is -2.45. The van der Waals surface area contributed by atoms with Crippen molar-refractivity contribution in [3.05, 3.63) is 70.8 Å². The van der Waals surface area contributed by atoms with Gasteiger partial charge in [0.25, 0.3) is 0 Å². The molecule has 126 valence electrons. The first-order valence-electron chi connectivity index (χ1n) is 9.15. The molecule has 2 nitrogen and oxygen atoms in total. The molecule has 2 saturated heterocycles. The van der Waals surface area contributed by atoms with E-state index in [-0.39, 0.29) is 0 Å². The Morgan fingerprint density at radius 1 is 0.917 bits per heavy atom. The van der Waals surface area contributed by atoms with E-state index in [9.17, 15) is 5.11 Å². The number of piperidine rings is 1. The van der Waals surface area contributed by atoms with Crippen LogP contribution < -0.4 is 0 Å². The zero-order valence-corrected chi connectivity index (χ0v) is 14.7. The molecule has 2 aromatic carbocycles. The Labute approximate surface area is 145 Å². The molecule has 2 heteroatoms. The van der Waals surface area contributed by atoms with Crippen LogP contribution in [0.5, 0.6) is 0 Å². The van der Waals surface area contributed by atoms with Gasteiger partial charge in [0.1, 0.15) is 0 Å². The summed E-state index contributed by atoms with van der Waals surface area (Å²) in [5, 5.41) is 11.5. The molecule has 0 saturated carbocycles. The zero-order valence-electron chi connectivity index (χ0n) is 14.7. The first-order valence-corrected chi connectivity index (χ1v) is 9.15. The molecule has 0 amide bonds. The molecule has 2 aliphatic heterocycles. The Bertz CT molecular complexity index is 690. The van der Waals surface area contributed by atoms with E-state index in [0.717, 1.165) is 19.4 Å². The van der Waals surface area contributed by atoms with Gasteiger partial charge in [0.15, 0.2) is 0 Å². The number of benzene rings is 2. The monoisotopic (exact) mass is 321 g/mol. The highest BCUT2D eigenvalue weighted by molar-refractivity contribution is 5.39. The molecule has 2 heterocycles. The van der Waals surface area contributed by atoms with E-state index in [1.807, 2.05) is 0 Å². The summed E-state index contributed by atoms with van der Waals surface area (Å²) in [6.07, 6.45) is 4.15. The van der Waals surface area contributed by atoms with E-state index in [1.165, 1.54) is 35.1 Å². The maximum absolute atomic E-state index is 11.5. The van der Waals surface area contributed by atoms with Crippen molar-refractivity contribution in [2.24, 2.45) is 0 Å². The van der Waals surface area contributed by atoms with Gasteiger partial charge in [-0.1, -0.05) is 48.5 Å². The van der Waals surface area contributed by atoms with Crippen molar-refractivity contribution < 1.29 is 5.11 Å². The third-order valence-electron chi connectivity index (χ3n) is 6.07. The number of aryl methyl sites for hydroxylation is 2. The summed E-state index contributed by atoms with van der Waals surface area (Å²) < 4.78 is 0. The molecule has 2 bridgehead atoms. The largest absolute Gasteiger partial charge is 0.385 e. The fraction of sp³-hybridized carbons (Fsp3) is 0.455. The first kappa shape index (κ1) is 15.9. The summed E-state index contributed by atoms with van der Waals surface area (Å²) in [6, 6.07) is 18.1. The van der Waals surface area contributed by atoms with Gasteiger partial charge in [-0.25, -0.2) is 0 Å². The quantitative estimate of drug-likeness (QED) is 0.910. The summed E-state index contributed by atoms with van der Waals surface area (Å²) in [4.78, 5) is 2.64. The highest BCUT2D eigenvalue weighted by Crippen LogP contribution is 2.47. The number of hydrogen-bond donors (Lipinski definition) is 1. The minimum Gasteiger partial charge on any atom is -0.385 e. The van der Waals surface area contributed by atoms with Gasteiger partial charge >= 0.3 is 0 Å². The van der Waals surface area contributed by atoms with E-state index < -0.39 is 5.60 Å². The fourth-order valence-electron chi connectivity index (χ4n) is 5.12. The van der Waals surface area contributed by atoms with Crippen molar-refractivity contribution in [3.63, 3.8) is 0 Å². The fourth-order valence-corrected chi connectivity index (χ4v) is 5.12. The third kappa shape index (κ3) is 2.68. The van der Waals surface area contributed by atoms with Gasteiger partial charge in [0, 0.05) is 18.6 Å². The lowest BCUT2D eigenvalue weighted by molar-refractivity contribution is -0.0602. The standard InChI is InChI=1S/C22H27NO/c1-16-7-6-8-17(2)21(16)22(24)13-19-11-12-20(14-22)23(19)15-18-9-4-3-5-10-18/h3-10,19-20,24H,11-15H2,1-2H3. The normalized spacial score (nSPS) is 29.8. The Kier molecular flexibility index (Phi) is 3.98. The Morgan fingerprint density at radius 3 is 2.08 bits per heavy atom. The average Bonchev–Trinajstić information content (AvgIpc) is 2.79. The van der Waals surface area contributed by atoms with Crippen molar-refractivity contribution in [3.8, 4) is 0 Å². The molecular weight excluding hydrogens is 294 g/mol. The van der Waals surface area contributed by atoms with Crippen LogP contribution in [0.3, 0.4) is 0 Å². The lowest BCUT2D eigenvalue weighted by Crippen LogP contribution is -2.49.